The molecule has 4 heteroatoms. The summed E-state index contributed by atoms with van der Waals surface area (Å²) in [7, 11) is 8.27. The van der Waals surface area contributed by atoms with Crippen molar-refractivity contribution in [2.45, 2.75) is 32.4 Å². The van der Waals surface area contributed by atoms with E-state index in [0.29, 0.717) is 12.6 Å². The highest BCUT2D eigenvalue weighted by molar-refractivity contribution is 5.43. The summed E-state index contributed by atoms with van der Waals surface area (Å²) in [6.07, 6.45) is 0. The van der Waals surface area contributed by atoms with Gasteiger partial charge in [-0.3, -0.25) is 0 Å². The molecule has 0 bridgehead atoms. The van der Waals surface area contributed by atoms with Gasteiger partial charge in [-0.05, 0) is 47.0 Å². The van der Waals surface area contributed by atoms with Gasteiger partial charge >= 0.3 is 0 Å². The number of hydrogen-bond donors (Lipinski definition) is 2. The molecule has 0 fully saturated rings. The Kier molecular flexibility index (Phi) is 9.26. The fraction of sp³-hybridized carbons (Fsp3) is 0.647. The number of likely N-dealkylation sites (N-methyl/N-ethyl adjacent to an activating group) is 1. The molecule has 3 N–H and O–H groups in total. The lowest BCUT2D eigenvalue weighted by molar-refractivity contribution is 0.147. The highest BCUT2D eigenvalue weighted by Gasteiger charge is 2.27. The van der Waals surface area contributed by atoms with Crippen LogP contribution in [0, 0.1) is 0 Å². The molecule has 0 aliphatic carbocycles. The maximum Gasteiger partial charge on any atom is 0.0360 e. The molecule has 0 saturated heterocycles. The average Bonchev–Trinajstić information content (AvgIpc) is 2.46. The van der Waals surface area contributed by atoms with Crippen molar-refractivity contribution in [3.63, 3.8) is 0 Å². The Morgan fingerprint density at radius 3 is 1.95 bits per heavy atom. The van der Waals surface area contributed by atoms with Crippen LogP contribution in [0.3, 0.4) is 0 Å². The van der Waals surface area contributed by atoms with Gasteiger partial charge in [0, 0.05) is 44.5 Å². The summed E-state index contributed by atoms with van der Waals surface area (Å²) >= 11 is 0. The van der Waals surface area contributed by atoms with Gasteiger partial charge in [-0.15, -0.1) is 0 Å². The number of hydrogen-bond acceptors (Lipinski definition) is 4. The predicted molar refractivity (Wildman–Crippen MR) is 95.1 cm³/mol. The fourth-order valence-corrected chi connectivity index (χ4v) is 1.66. The molecule has 4 nitrogen and oxygen atoms in total. The minimum Gasteiger partial charge on any atom is -0.378 e. The van der Waals surface area contributed by atoms with Crippen molar-refractivity contribution in [3.05, 3.63) is 30.3 Å². The number of nitrogens with zero attached hydrogens (tertiary/aromatic N) is 2. The first-order valence-corrected chi connectivity index (χ1v) is 7.56. The van der Waals surface area contributed by atoms with Gasteiger partial charge in [0.15, 0.2) is 0 Å². The Hall–Kier alpha value is -1.10. The van der Waals surface area contributed by atoms with Gasteiger partial charge in [-0.1, -0.05) is 18.2 Å². The Balaban J connectivity index is 0.000000394. The number of benzene rings is 1. The molecule has 0 aromatic heterocycles. The van der Waals surface area contributed by atoms with Crippen LogP contribution in [0.4, 0.5) is 5.69 Å². The van der Waals surface area contributed by atoms with Crippen LogP contribution in [0.15, 0.2) is 30.3 Å². The number of para-hydroxylation sites is 1. The van der Waals surface area contributed by atoms with Crippen LogP contribution in [0.25, 0.3) is 0 Å². The van der Waals surface area contributed by atoms with E-state index in [4.69, 9.17) is 5.73 Å². The fourth-order valence-electron chi connectivity index (χ4n) is 1.66. The van der Waals surface area contributed by atoms with Crippen LogP contribution in [-0.2, 0) is 0 Å². The zero-order chi connectivity index (χ0) is 16.5. The molecule has 1 unspecified atom stereocenters. The van der Waals surface area contributed by atoms with E-state index in [9.17, 15) is 0 Å². The van der Waals surface area contributed by atoms with Crippen molar-refractivity contribution in [2.24, 2.45) is 5.73 Å². The molecule has 1 aromatic rings. The third kappa shape index (κ3) is 7.46. The van der Waals surface area contributed by atoms with Crippen LogP contribution >= 0.6 is 0 Å². The molecule has 0 saturated carbocycles. The molecule has 1 aromatic carbocycles. The second-order valence-electron chi connectivity index (χ2n) is 6.24. The van der Waals surface area contributed by atoms with E-state index in [-0.39, 0.29) is 5.54 Å². The van der Waals surface area contributed by atoms with Gasteiger partial charge in [0.05, 0.1) is 0 Å². The van der Waals surface area contributed by atoms with E-state index < -0.39 is 0 Å². The Labute approximate surface area is 131 Å². The van der Waals surface area contributed by atoms with Crippen LogP contribution in [-0.4, -0.2) is 57.8 Å². The first kappa shape index (κ1) is 19.9. The molecule has 122 valence electrons. The standard InChI is InChI=1S/C9H23N3.C8H11N/c1-8(11-7-6-10)9(2,3)12(4)5;1-9(2)8-6-4-3-5-7-8/h8,11H,6-7,10H2,1-5H3;3-7H,1-2H3. The molecule has 21 heavy (non-hydrogen) atoms. The van der Waals surface area contributed by atoms with Gasteiger partial charge < -0.3 is 20.9 Å². The van der Waals surface area contributed by atoms with Gasteiger partial charge in [0.25, 0.3) is 0 Å². The van der Waals surface area contributed by atoms with Crippen molar-refractivity contribution >= 4 is 5.69 Å². The maximum absolute atomic E-state index is 5.42. The van der Waals surface area contributed by atoms with Crippen molar-refractivity contribution < 1.29 is 0 Å². The van der Waals surface area contributed by atoms with Crippen LogP contribution in [0.2, 0.25) is 0 Å². The molecule has 0 amide bonds. The number of rotatable bonds is 6. The highest BCUT2D eigenvalue weighted by Crippen LogP contribution is 2.14. The summed E-state index contributed by atoms with van der Waals surface area (Å²) in [4.78, 5) is 4.31. The van der Waals surface area contributed by atoms with Gasteiger partial charge in [-0.2, -0.15) is 0 Å². The minimum atomic E-state index is 0.176. The number of nitrogens with one attached hydrogen (secondary N) is 1. The van der Waals surface area contributed by atoms with E-state index >= 15 is 0 Å². The second-order valence-corrected chi connectivity index (χ2v) is 6.24. The molecular weight excluding hydrogens is 260 g/mol. The van der Waals surface area contributed by atoms with Crippen molar-refractivity contribution in [1.29, 1.82) is 0 Å². The summed E-state index contributed by atoms with van der Waals surface area (Å²) in [5.41, 5.74) is 6.84. The monoisotopic (exact) mass is 294 g/mol. The topological polar surface area (TPSA) is 44.5 Å². The average molecular weight is 294 g/mol. The van der Waals surface area contributed by atoms with E-state index in [0.717, 1.165) is 6.54 Å². The quantitative estimate of drug-likeness (QED) is 0.842. The van der Waals surface area contributed by atoms with Gasteiger partial charge in [0.2, 0.25) is 0 Å². The molecule has 0 spiro atoms. The Bertz CT molecular complexity index is 360. The molecule has 0 heterocycles. The lowest BCUT2D eigenvalue weighted by Gasteiger charge is -2.38. The first-order chi connectivity index (χ1) is 9.73. The summed E-state index contributed by atoms with van der Waals surface area (Å²) in [6, 6.07) is 10.7. The minimum absolute atomic E-state index is 0.176. The zero-order valence-corrected chi connectivity index (χ0v) is 14.9. The van der Waals surface area contributed by atoms with E-state index in [1.54, 1.807) is 0 Å². The van der Waals surface area contributed by atoms with Crippen LogP contribution in [0.1, 0.15) is 20.8 Å². The molecule has 1 rings (SSSR count). The normalized spacial score (nSPS) is 12.6. The van der Waals surface area contributed by atoms with E-state index in [1.165, 1.54) is 5.69 Å². The summed E-state index contributed by atoms with van der Waals surface area (Å²) in [6.45, 7) is 8.23. The highest BCUT2D eigenvalue weighted by atomic mass is 15.2. The van der Waals surface area contributed by atoms with Crippen molar-refractivity contribution in [1.82, 2.24) is 10.2 Å². The van der Waals surface area contributed by atoms with Crippen molar-refractivity contribution in [3.8, 4) is 0 Å². The SMILES string of the molecule is CC(NCCN)C(C)(C)N(C)C.CN(C)c1ccccc1. The summed E-state index contributed by atoms with van der Waals surface area (Å²) in [5.74, 6) is 0. The molecule has 0 aliphatic heterocycles. The Morgan fingerprint density at radius 2 is 1.62 bits per heavy atom. The molecule has 0 aliphatic rings. The molecule has 1 atom stereocenters. The summed E-state index contributed by atoms with van der Waals surface area (Å²) < 4.78 is 0. The third-order valence-corrected chi connectivity index (χ3v) is 4.08. The lowest BCUT2D eigenvalue weighted by atomic mass is 9.95. The largest absolute Gasteiger partial charge is 0.378 e. The van der Waals surface area contributed by atoms with Crippen molar-refractivity contribution in [2.75, 3.05) is 46.2 Å². The lowest BCUT2D eigenvalue weighted by Crippen LogP contribution is -2.54. The number of anilines is 1. The molecular formula is C17H34N4. The van der Waals surface area contributed by atoms with Gasteiger partial charge in [0.1, 0.15) is 0 Å². The third-order valence-electron chi connectivity index (χ3n) is 4.08. The van der Waals surface area contributed by atoms with E-state index in [2.05, 4.69) is 62.1 Å². The zero-order valence-electron chi connectivity index (χ0n) is 14.9. The number of nitrogens with two attached hydrogens (primary N) is 1. The second kappa shape index (κ2) is 9.77. The van der Waals surface area contributed by atoms with Gasteiger partial charge in [-0.25, -0.2) is 0 Å². The predicted octanol–water partition coefficient (Wildman–Crippen LogP) is 2.02. The maximum atomic E-state index is 5.42. The first-order valence-electron chi connectivity index (χ1n) is 7.56. The van der Waals surface area contributed by atoms with Crippen LogP contribution in [0.5, 0.6) is 0 Å². The Morgan fingerprint density at radius 1 is 1.10 bits per heavy atom. The smallest absolute Gasteiger partial charge is 0.0360 e. The van der Waals surface area contributed by atoms with E-state index in [1.807, 2.05) is 32.3 Å². The molecule has 0 radical (unpaired) electrons. The van der Waals surface area contributed by atoms with Crippen LogP contribution < -0.4 is 16.0 Å². The summed E-state index contributed by atoms with van der Waals surface area (Å²) in [5, 5.41) is 3.39.